The molecule has 1 unspecified atom stereocenters. The fourth-order valence-electron chi connectivity index (χ4n) is 5.25. The van der Waals surface area contributed by atoms with E-state index in [0.29, 0.717) is 17.5 Å². The van der Waals surface area contributed by atoms with E-state index in [1.54, 1.807) is 62.8 Å². The maximum atomic E-state index is 13.1. The van der Waals surface area contributed by atoms with Crippen molar-refractivity contribution in [3.63, 3.8) is 0 Å². The van der Waals surface area contributed by atoms with Crippen LogP contribution >= 0.6 is 11.3 Å². The van der Waals surface area contributed by atoms with E-state index in [1.165, 1.54) is 23.5 Å². The molecule has 3 N–H and O–H groups in total. The molecular formula is C39H41N5O7S. The number of thiophene rings is 1. The second kappa shape index (κ2) is 19.3. The quantitative estimate of drug-likeness (QED) is 0.0674. The second-order valence-electron chi connectivity index (χ2n) is 10.8. The lowest BCUT2D eigenvalue weighted by molar-refractivity contribution is -0.384. The summed E-state index contributed by atoms with van der Waals surface area (Å²) in [7, 11) is 3.25. The highest BCUT2D eigenvalue weighted by Crippen LogP contribution is 2.34. The number of para-hydroxylation sites is 1. The molecule has 0 aliphatic rings. The van der Waals surface area contributed by atoms with Gasteiger partial charge in [-0.15, -0.1) is 11.3 Å². The molecule has 0 radical (unpaired) electrons. The highest BCUT2D eigenvalue weighted by molar-refractivity contribution is 7.13. The summed E-state index contributed by atoms with van der Waals surface area (Å²) in [5.41, 5.74) is 3.81. The van der Waals surface area contributed by atoms with E-state index in [0.717, 1.165) is 33.2 Å². The number of ether oxygens (including phenoxy) is 1. The minimum atomic E-state index is -0.705. The van der Waals surface area contributed by atoms with Crippen LogP contribution in [0.1, 0.15) is 37.2 Å². The van der Waals surface area contributed by atoms with Crippen LogP contribution in [0, 0.1) is 20.2 Å². The number of rotatable bonds is 11. The molecule has 52 heavy (non-hydrogen) atoms. The number of carbonyl (C=O) groups excluding carboxylic acids is 2. The Balaban J connectivity index is 0.00000116. The van der Waals surface area contributed by atoms with Crippen molar-refractivity contribution in [1.82, 2.24) is 4.98 Å². The molecule has 12 nitrogen and oxygen atoms in total. The van der Waals surface area contributed by atoms with Crippen LogP contribution in [0.3, 0.4) is 0 Å². The summed E-state index contributed by atoms with van der Waals surface area (Å²) in [6.45, 7) is 4.00. The number of carbonyl (C=O) groups is 2. The summed E-state index contributed by atoms with van der Waals surface area (Å²) < 4.78 is 4.25. The number of hydrogen-bond donors (Lipinski definition) is 3. The van der Waals surface area contributed by atoms with E-state index in [2.05, 4.69) is 20.4 Å². The first-order valence-corrected chi connectivity index (χ1v) is 16.8. The zero-order valence-corrected chi connectivity index (χ0v) is 29.2. The monoisotopic (exact) mass is 723 g/mol. The van der Waals surface area contributed by atoms with Crippen LogP contribution in [0.2, 0.25) is 0 Å². The summed E-state index contributed by atoms with van der Waals surface area (Å²) in [5, 5.41) is 32.2. The van der Waals surface area contributed by atoms with Crippen molar-refractivity contribution in [2.24, 2.45) is 0 Å². The molecular weight excluding hydrogens is 683 g/mol. The average molecular weight is 724 g/mol. The number of aromatic nitrogens is 1. The Morgan fingerprint density at radius 1 is 0.846 bits per heavy atom. The van der Waals surface area contributed by atoms with Gasteiger partial charge in [0.05, 0.1) is 15.9 Å². The predicted molar refractivity (Wildman–Crippen MR) is 209 cm³/mol. The Kier molecular flexibility index (Phi) is 14.9. The molecule has 1 atom stereocenters. The molecule has 13 heteroatoms. The van der Waals surface area contributed by atoms with Crippen molar-refractivity contribution in [2.45, 2.75) is 33.7 Å². The molecule has 0 aliphatic heterocycles. The van der Waals surface area contributed by atoms with Crippen LogP contribution in [0.4, 0.5) is 22.7 Å². The van der Waals surface area contributed by atoms with Crippen molar-refractivity contribution in [3.8, 4) is 21.6 Å². The second-order valence-corrected chi connectivity index (χ2v) is 11.8. The number of hydrogen-bond acceptors (Lipinski definition) is 9. The molecule has 4 aromatic carbocycles. The number of aldehydes is 1. The zero-order valence-electron chi connectivity index (χ0n) is 28.4. The number of H-pyrrole nitrogens is 1. The van der Waals surface area contributed by atoms with Gasteiger partial charge < -0.3 is 25.1 Å². The van der Waals surface area contributed by atoms with Crippen LogP contribution < -0.4 is 10.6 Å². The molecule has 2 aromatic heterocycles. The summed E-state index contributed by atoms with van der Waals surface area (Å²) in [6.07, 6.45) is 2.89. The third kappa shape index (κ3) is 9.74. The Labute approximate surface area is 305 Å². The Bertz CT molecular complexity index is 2110. The van der Waals surface area contributed by atoms with Gasteiger partial charge in [0.1, 0.15) is 17.7 Å². The minimum absolute atomic E-state index is 0. The Hall–Kier alpha value is -6.18. The van der Waals surface area contributed by atoms with Crippen molar-refractivity contribution in [3.05, 3.63) is 140 Å². The van der Waals surface area contributed by atoms with Crippen LogP contribution in [0.25, 0.3) is 32.5 Å². The largest absolute Gasteiger partial charge is 0.388 e. The number of nitro benzene ring substituents is 2. The van der Waals surface area contributed by atoms with E-state index >= 15 is 0 Å². The number of nitro groups is 2. The van der Waals surface area contributed by atoms with E-state index in [9.17, 15) is 29.8 Å². The number of benzene rings is 4. The number of aromatic amines is 1. The van der Waals surface area contributed by atoms with Crippen molar-refractivity contribution < 1.29 is 24.2 Å². The molecule has 0 saturated carbocycles. The van der Waals surface area contributed by atoms with E-state index < -0.39 is 21.8 Å². The highest BCUT2D eigenvalue weighted by atomic mass is 32.1. The minimum Gasteiger partial charge on any atom is -0.388 e. The number of amides is 1. The lowest BCUT2D eigenvalue weighted by atomic mass is 10.0. The first-order chi connectivity index (χ1) is 24.7. The lowest BCUT2D eigenvalue weighted by Crippen LogP contribution is -2.24. The topological polar surface area (TPSA) is 170 Å². The van der Waals surface area contributed by atoms with Gasteiger partial charge in [0.2, 0.25) is 0 Å². The Morgan fingerprint density at radius 2 is 1.50 bits per heavy atom. The molecule has 6 rings (SSSR count). The fourth-order valence-corrected chi connectivity index (χ4v) is 5.98. The number of methoxy groups -OCH3 is 1. The normalized spacial score (nSPS) is 10.7. The smallest absolute Gasteiger partial charge is 0.292 e. The van der Waals surface area contributed by atoms with Crippen LogP contribution in [-0.2, 0) is 16.0 Å². The van der Waals surface area contributed by atoms with Gasteiger partial charge in [-0.25, -0.2) is 0 Å². The molecule has 0 spiro atoms. The summed E-state index contributed by atoms with van der Waals surface area (Å²) >= 11 is 1.48. The van der Waals surface area contributed by atoms with Crippen molar-refractivity contribution in [2.75, 3.05) is 24.9 Å². The summed E-state index contributed by atoms with van der Waals surface area (Å²) in [6, 6.07) is 26.3. The molecule has 2 heterocycles. The fraction of sp³-hybridized carbons (Fsp3) is 0.179. The first kappa shape index (κ1) is 40.3. The lowest BCUT2D eigenvalue weighted by Gasteiger charge is -2.15. The molecule has 6 aromatic rings. The van der Waals surface area contributed by atoms with Crippen molar-refractivity contribution in [1.29, 1.82) is 0 Å². The van der Waals surface area contributed by atoms with E-state index in [-0.39, 0.29) is 35.7 Å². The van der Waals surface area contributed by atoms with Crippen LogP contribution in [0.5, 0.6) is 0 Å². The van der Waals surface area contributed by atoms with Gasteiger partial charge in [-0.05, 0) is 70.1 Å². The molecule has 0 bridgehead atoms. The summed E-state index contributed by atoms with van der Waals surface area (Å²) in [5.74, 6) is -0.543. The zero-order chi connectivity index (χ0) is 36.9. The van der Waals surface area contributed by atoms with Gasteiger partial charge in [-0.3, -0.25) is 25.0 Å². The van der Waals surface area contributed by atoms with Crippen LogP contribution in [0.15, 0.2) is 109 Å². The number of anilines is 2. The van der Waals surface area contributed by atoms with Crippen LogP contribution in [-0.4, -0.2) is 47.3 Å². The molecule has 0 saturated heterocycles. The highest BCUT2D eigenvalue weighted by Gasteiger charge is 2.21. The van der Waals surface area contributed by atoms with Gasteiger partial charge in [0, 0.05) is 60.3 Å². The maximum absolute atomic E-state index is 13.1. The number of nitrogens with one attached hydrogen (secondary N) is 3. The average Bonchev–Trinajstić information content (AvgIpc) is 3.84. The maximum Gasteiger partial charge on any atom is 0.292 e. The number of fused-ring (bicyclic) bond motifs is 1. The van der Waals surface area contributed by atoms with Gasteiger partial charge in [-0.1, -0.05) is 63.7 Å². The van der Waals surface area contributed by atoms with Gasteiger partial charge in [0.25, 0.3) is 17.3 Å². The Morgan fingerprint density at radius 3 is 2.13 bits per heavy atom. The van der Waals surface area contributed by atoms with Crippen molar-refractivity contribution >= 4 is 57.2 Å². The van der Waals surface area contributed by atoms with Gasteiger partial charge in [0.15, 0.2) is 0 Å². The number of nitrogens with zero attached hydrogens (tertiary/aromatic N) is 2. The van der Waals surface area contributed by atoms with E-state index in [1.807, 2.05) is 61.8 Å². The SMILES string of the molecule is C.CC.COC.O=CC(Cc1c[nH]c2ccccc12)Nc1ccc(-c2ccc(C(=O)Nc3cc(-c4cccs4)ccc3[N+](=O)[O-])cc2)cc1[N+](=O)[O-]. The summed E-state index contributed by atoms with van der Waals surface area (Å²) in [4.78, 5) is 51.7. The first-order valence-electron chi connectivity index (χ1n) is 15.9. The third-order valence-corrected chi connectivity index (χ3v) is 8.46. The van der Waals surface area contributed by atoms with Gasteiger partial charge in [-0.2, -0.15) is 0 Å². The molecule has 0 fully saturated rings. The predicted octanol–water partition coefficient (Wildman–Crippen LogP) is 9.78. The molecule has 0 aliphatic carbocycles. The standard InChI is InChI=1S/C34H25N5O6S.C2H6O.C2H6.CH4/c40-20-26(16-25-19-35-28-5-2-1-4-27(25)28)36-29-13-11-23(18-32(29)39(44)45)21-7-9-22(10-8-21)34(41)37-30-17-24(33-6-3-15-46-33)12-14-31(30)38(42)43;1-3-2;1-2;/h1-15,17-20,26,35-36H,16H2,(H,37,41);1-2H3;1-2H3;1H4. The van der Waals surface area contributed by atoms with E-state index in [4.69, 9.17) is 0 Å². The van der Waals surface area contributed by atoms with Gasteiger partial charge >= 0.3 is 0 Å². The molecule has 1 amide bonds. The molecule has 270 valence electrons. The third-order valence-electron chi connectivity index (χ3n) is 7.54.